The predicted octanol–water partition coefficient (Wildman–Crippen LogP) is 3.85. The number of carbonyl (C=O) groups excluding carboxylic acids is 1. The molecule has 25 heavy (non-hydrogen) atoms. The highest BCUT2D eigenvalue weighted by atomic mass is 32.1. The average Bonchev–Trinajstić information content (AvgIpc) is 3.31. The molecule has 7 heteroatoms. The smallest absolute Gasteiger partial charge is 0.270 e. The van der Waals surface area contributed by atoms with Gasteiger partial charge >= 0.3 is 0 Å². The zero-order chi connectivity index (χ0) is 17.8. The fourth-order valence-electron chi connectivity index (χ4n) is 2.73. The molecule has 0 atom stereocenters. The third-order valence-electron chi connectivity index (χ3n) is 4.00. The van der Waals surface area contributed by atoms with Crippen molar-refractivity contribution in [3.8, 4) is 16.5 Å². The first-order valence-electron chi connectivity index (χ1n) is 7.84. The topological polar surface area (TPSA) is 87.2 Å². The Morgan fingerprint density at radius 3 is 2.72 bits per heavy atom. The van der Waals surface area contributed by atoms with E-state index in [-0.39, 0.29) is 17.2 Å². The lowest BCUT2D eigenvalue weighted by Crippen LogP contribution is -2.28. The van der Waals surface area contributed by atoms with E-state index in [0.717, 1.165) is 28.2 Å². The molecule has 126 valence electrons. The van der Waals surface area contributed by atoms with Crippen LogP contribution in [0.5, 0.6) is 0 Å². The number of amides is 1. The van der Waals surface area contributed by atoms with Gasteiger partial charge in [0.1, 0.15) is 11.6 Å². The molecule has 1 aromatic heterocycles. The predicted molar refractivity (Wildman–Crippen MR) is 95.8 cm³/mol. The van der Waals surface area contributed by atoms with Crippen LogP contribution in [-0.4, -0.2) is 28.8 Å². The molecule has 0 aliphatic carbocycles. The van der Waals surface area contributed by atoms with Gasteiger partial charge in [-0.05, 0) is 36.6 Å². The molecule has 1 aliphatic rings. The number of hydrogen-bond donors (Lipinski definition) is 0. The van der Waals surface area contributed by atoms with Crippen molar-refractivity contribution in [1.29, 1.82) is 5.26 Å². The quantitative estimate of drug-likeness (QED) is 0.361. The molecule has 1 aromatic carbocycles. The lowest BCUT2D eigenvalue weighted by atomic mass is 10.1. The molecule has 1 aliphatic heterocycles. The van der Waals surface area contributed by atoms with Crippen LogP contribution in [0.3, 0.4) is 0 Å². The number of hydrogen-bond acceptors (Lipinski definition) is 5. The number of benzene rings is 1. The van der Waals surface area contributed by atoms with E-state index < -0.39 is 4.92 Å². The van der Waals surface area contributed by atoms with E-state index in [9.17, 15) is 20.2 Å². The summed E-state index contributed by atoms with van der Waals surface area (Å²) in [6.45, 7) is 1.39. The van der Waals surface area contributed by atoms with Gasteiger partial charge in [-0.15, -0.1) is 11.3 Å². The lowest BCUT2D eigenvalue weighted by molar-refractivity contribution is -0.384. The van der Waals surface area contributed by atoms with E-state index in [1.54, 1.807) is 23.1 Å². The maximum absolute atomic E-state index is 12.3. The normalized spacial score (nSPS) is 14.4. The molecular formula is C18H15N3O3S. The molecule has 6 nitrogen and oxygen atoms in total. The van der Waals surface area contributed by atoms with Gasteiger partial charge in [0.2, 0.25) is 0 Å². The fourth-order valence-corrected chi connectivity index (χ4v) is 3.68. The SMILES string of the molecule is N#C/C(=C\c1ccc(-c2cccc([N+](=O)[O-])c2)s1)C(=O)N1CCCC1. The number of rotatable bonds is 4. The first kappa shape index (κ1) is 16.9. The molecule has 0 bridgehead atoms. The third kappa shape index (κ3) is 3.75. The van der Waals surface area contributed by atoms with Gasteiger partial charge in [0.15, 0.2) is 0 Å². The van der Waals surface area contributed by atoms with E-state index in [4.69, 9.17) is 0 Å². The highest BCUT2D eigenvalue weighted by molar-refractivity contribution is 7.16. The van der Waals surface area contributed by atoms with Crippen LogP contribution in [0.2, 0.25) is 0 Å². The van der Waals surface area contributed by atoms with Crippen molar-refractivity contribution < 1.29 is 9.72 Å². The molecule has 1 fully saturated rings. The number of non-ortho nitro benzene ring substituents is 1. The minimum atomic E-state index is -0.430. The van der Waals surface area contributed by atoms with Gasteiger partial charge in [-0.25, -0.2) is 0 Å². The molecular weight excluding hydrogens is 338 g/mol. The Kier molecular flexibility index (Phi) is 4.91. The summed E-state index contributed by atoms with van der Waals surface area (Å²) in [5.74, 6) is -0.231. The first-order valence-corrected chi connectivity index (χ1v) is 8.66. The number of nitrogens with zero attached hydrogens (tertiary/aromatic N) is 3. The summed E-state index contributed by atoms with van der Waals surface area (Å²) in [6.07, 6.45) is 3.53. The summed E-state index contributed by atoms with van der Waals surface area (Å²) in [6, 6.07) is 12.0. The highest BCUT2D eigenvalue weighted by Gasteiger charge is 2.21. The maximum Gasteiger partial charge on any atom is 0.270 e. The molecule has 1 saturated heterocycles. The van der Waals surface area contributed by atoms with Crippen LogP contribution in [0.1, 0.15) is 17.7 Å². The number of nitriles is 1. The van der Waals surface area contributed by atoms with Crippen LogP contribution >= 0.6 is 11.3 Å². The second kappa shape index (κ2) is 7.28. The Morgan fingerprint density at radius 1 is 1.28 bits per heavy atom. The van der Waals surface area contributed by atoms with Crippen molar-refractivity contribution in [3.05, 3.63) is 57.0 Å². The van der Waals surface area contributed by atoms with Crippen molar-refractivity contribution in [1.82, 2.24) is 4.90 Å². The van der Waals surface area contributed by atoms with Crippen LogP contribution in [0.15, 0.2) is 42.0 Å². The van der Waals surface area contributed by atoms with Gasteiger partial charge in [0.25, 0.3) is 11.6 Å². The second-order valence-electron chi connectivity index (χ2n) is 5.68. The van der Waals surface area contributed by atoms with Crippen molar-refractivity contribution in [3.63, 3.8) is 0 Å². The summed E-state index contributed by atoms with van der Waals surface area (Å²) < 4.78 is 0. The summed E-state index contributed by atoms with van der Waals surface area (Å²) >= 11 is 1.39. The Bertz CT molecular complexity index is 889. The van der Waals surface area contributed by atoms with Crippen LogP contribution in [0, 0.1) is 21.4 Å². The Balaban J connectivity index is 1.85. The molecule has 2 aromatic rings. The monoisotopic (exact) mass is 353 g/mol. The summed E-state index contributed by atoms with van der Waals surface area (Å²) in [4.78, 5) is 26.1. The summed E-state index contributed by atoms with van der Waals surface area (Å²) in [5.41, 5.74) is 0.891. The van der Waals surface area contributed by atoms with Crippen LogP contribution in [0.4, 0.5) is 5.69 Å². The zero-order valence-corrected chi connectivity index (χ0v) is 14.2. The average molecular weight is 353 g/mol. The standard InChI is InChI=1S/C18H15N3O3S/c19-12-14(18(22)20-8-1-2-9-20)11-16-6-7-17(25-16)13-4-3-5-15(10-13)21(23)24/h3-7,10-11H,1-2,8-9H2/b14-11+. The molecule has 2 heterocycles. The Morgan fingerprint density at radius 2 is 2.04 bits per heavy atom. The van der Waals surface area contributed by atoms with Gasteiger partial charge in [-0.2, -0.15) is 5.26 Å². The van der Waals surface area contributed by atoms with Gasteiger partial charge in [-0.1, -0.05) is 12.1 Å². The fraction of sp³-hybridized carbons (Fsp3) is 0.222. The molecule has 1 amide bonds. The minimum Gasteiger partial charge on any atom is -0.338 e. The van der Waals surface area contributed by atoms with Crippen LogP contribution < -0.4 is 0 Å². The molecule has 0 unspecified atom stereocenters. The van der Waals surface area contributed by atoms with Gasteiger partial charge in [-0.3, -0.25) is 14.9 Å². The van der Waals surface area contributed by atoms with Crippen LogP contribution in [0.25, 0.3) is 16.5 Å². The number of likely N-dealkylation sites (tertiary alicyclic amines) is 1. The zero-order valence-electron chi connectivity index (χ0n) is 13.3. The molecule has 0 radical (unpaired) electrons. The highest BCUT2D eigenvalue weighted by Crippen LogP contribution is 2.31. The van der Waals surface area contributed by atoms with E-state index in [2.05, 4.69) is 0 Å². The third-order valence-corrected chi connectivity index (χ3v) is 5.08. The Labute approximate surface area is 148 Å². The van der Waals surface area contributed by atoms with Crippen molar-refractivity contribution in [2.24, 2.45) is 0 Å². The first-order chi connectivity index (χ1) is 12.1. The van der Waals surface area contributed by atoms with Gasteiger partial charge in [0.05, 0.1) is 4.92 Å². The van der Waals surface area contributed by atoms with Crippen molar-refractivity contribution >= 4 is 29.0 Å². The molecule has 0 saturated carbocycles. The number of nitro benzene ring substituents is 1. The van der Waals surface area contributed by atoms with Crippen molar-refractivity contribution in [2.75, 3.05) is 13.1 Å². The molecule has 0 N–H and O–H groups in total. The number of nitro groups is 1. The van der Waals surface area contributed by atoms with E-state index in [1.807, 2.05) is 18.2 Å². The minimum absolute atomic E-state index is 0.0323. The molecule has 0 spiro atoms. The van der Waals surface area contributed by atoms with Crippen LogP contribution in [-0.2, 0) is 4.79 Å². The Hall–Kier alpha value is -2.98. The number of carbonyl (C=O) groups is 1. The second-order valence-corrected chi connectivity index (χ2v) is 6.79. The number of thiophene rings is 1. The largest absolute Gasteiger partial charge is 0.338 e. The van der Waals surface area contributed by atoms with Gasteiger partial charge in [0, 0.05) is 35.0 Å². The maximum atomic E-state index is 12.3. The van der Waals surface area contributed by atoms with E-state index in [0.29, 0.717) is 13.1 Å². The molecule has 3 rings (SSSR count). The summed E-state index contributed by atoms with van der Waals surface area (Å²) in [5, 5.41) is 20.2. The van der Waals surface area contributed by atoms with Gasteiger partial charge < -0.3 is 4.90 Å². The van der Waals surface area contributed by atoms with E-state index >= 15 is 0 Å². The van der Waals surface area contributed by atoms with Crippen molar-refractivity contribution in [2.45, 2.75) is 12.8 Å². The lowest BCUT2D eigenvalue weighted by Gasteiger charge is -2.13. The summed E-state index contributed by atoms with van der Waals surface area (Å²) in [7, 11) is 0. The van der Waals surface area contributed by atoms with E-state index in [1.165, 1.54) is 23.5 Å².